The Hall–Kier alpha value is -1.25. The molecule has 0 bridgehead atoms. The van der Waals surface area contributed by atoms with Crippen LogP contribution in [-0.2, 0) is 6.42 Å². The van der Waals surface area contributed by atoms with Crippen LogP contribution in [0.1, 0.15) is 23.8 Å². The molecule has 0 unspecified atom stereocenters. The minimum Gasteiger partial charge on any atom is -0.512 e. The van der Waals surface area contributed by atoms with Crippen molar-refractivity contribution >= 4 is 6.08 Å². The summed E-state index contributed by atoms with van der Waals surface area (Å²) >= 11 is 0. The second-order valence-electron chi connectivity index (χ2n) is 2.68. The Morgan fingerprint density at radius 1 is 1.55 bits per heavy atom. The van der Waals surface area contributed by atoms with Crippen molar-refractivity contribution in [2.24, 2.45) is 0 Å². The van der Waals surface area contributed by atoms with Gasteiger partial charge in [0.15, 0.2) is 11.7 Å². The molecule has 0 fully saturated rings. The van der Waals surface area contributed by atoms with E-state index in [9.17, 15) is 0 Å². The first-order valence-corrected chi connectivity index (χ1v) is 3.61. The number of aliphatic hydroxyl groups excluding tert-OH is 1. The molecule has 0 aliphatic heterocycles. The highest BCUT2D eigenvalue weighted by Gasteiger charge is 2.14. The monoisotopic (exact) mass is 151 g/mol. The van der Waals surface area contributed by atoms with Crippen LogP contribution in [-0.4, -0.2) is 10.1 Å². The molecule has 1 aromatic rings. The fourth-order valence-electron chi connectivity index (χ4n) is 1.25. The van der Waals surface area contributed by atoms with Crippen LogP contribution in [0.5, 0.6) is 0 Å². The smallest absolute Gasteiger partial charge is 0.192 e. The normalized spacial score (nSPS) is 15.9. The van der Waals surface area contributed by atoms with E-state index in [1.54, 1.807) is 6.08 Å². The van der Waals surface area contributed by atoms with Crippen molar-refractivity contribution in [3.8, 4) is 0 Å². The van der Waals surface area contributed by atoms with Crippen LogP contribution in [0.3, 0.4) is 0 Å². The van der Waals surface area contributed by atoms with Crippen LogP contribution >= 0.6 is 0 Å². The predicted octanol–water partition coefficient (Wildman–Crippen LogP) is 1.83. The largest absolute Gasteiger partial charge is 0.512 e. The van der Waals surface area contributed by atoms with Gasteiger partial charge in [-0.3, -0.25) is 0 Å². The van der Waals surface area contributed by atoms with Gasteiger partial charge in [-0.05, 0) is 0 Å². The van der Waals surface area contributed by atoms with Gasteiger partial charge in [0, 0.05) is 25.8 Å². The van der Waals surface area contributed by atoms with E-state index in [-0.39, 0.29) is 0 Å². The molecule has 0 saturated carbocycles. The van der Waals surface area contributed by atoms with Crippen LogP contribution in [0.15, 0.2) is 10.2 Å². The van der Waals surface area contributed by atoms with Gasteiger partial charge in [-0.15, -0.1) is 0 Å². The van der Waals surface area contributed by atoms with E-state index in [0.29, 0.717) is 23.8 Å². The molecular formula is C8H9NO2. The molecule has 1 N–H and O–H groups in total. The van der Waals surface area contributed by atoms with Crippen molar-refractivity contribution in [1.29, 1.82) is 0 Å². The molecule has 1 aromatic heterocycles. The molecule has 1 aliphatic carbocycles. The van der Waals surface area contributed by atoms with Crippen LogP contribution in [0.25, 0.3) is 6.08 Å². The number of rotatable bonds is 0. The van der Waals surface area contributed by atoms with Crippen molar-refractivity contribution < 1.29 is 9.52 Å². The number of hydrogen-bond acceptors (Lipinski definition) is 3. The van der Waals surface area contributed by atoms with Gasteiger partial charge >= 0.3 is 0 Å². The highest BCUT2D eigenvalue weighted by atomic mass is 16.4. The summed E-state index contributed by atoms with van der Waals surface area (Å²) in [5.74, 6) is 1.76. The number of aliphatic hydroxyl groups is 1. The molecule has 1 heterocycles. The number of fused-ring (bicyclic) bond motifs is 1. The van der Waals surface area contributed by atoms with E-state index < -0.39 is 0 Å². The maximum Gasteiger partial charge on any atom is 0.192 e. The molecule has 0 spiro atoms. The van der Waals surface area contributed by atoms with Gasteiger partial charge in [-0.2, -0.15) is 0 Å². The molecule has 2 rings (SSSR count). The van der Waals surface area contributed by atoms with E-state index in [4.69, 9.17) is 9.52 Å². The molecule has 0 amide bonds. The summed E-state index contributed by atoms with van der Waals surface area (Å²) < 4.78 is 5.23. The van der Waals surface area contributed by atoms with Gasteiger partial charge in [-0.1, -0.05) is 0 Å². The molecular weight excluding hydrogens is 142 g/mol. The number of aromatic nitrogens is 1. The average molecular weight is 151 g/mol. The second-order valence-corrected chi connectivity index (χ2v) is 2.68. The number of hydrogen-bond donors (Lipinski definition) is 1. The van der Waals surface area contributed by atoms with E-state index >= 15 is 0 Å². The van der Waals surface area contributed by atoms with Crippen LogP contribution in [0, 0.1) is 6.92 Å². The summed E-state index contributed by atoms with van der Waals surface area (Å²) in [6.45, 7) is 1.81. The zero-order valence-corrected chi connectivity index (χ0v) is 6.29. The summed E-state index contributed by atoms with van der Waals surface area (Å²) in [4.78, 5) is 4.16. The van der Waals surface area contributed by atoms with Crippen LogP contribution in [0.2, 0.25) is 0 Å². The third kappa shape index (κ3) is 1.02. The molecule has 3 heteroatoms. The van der Waals surface area contributed by atoms with Gasteiger partial charge in [-0.25, -0.2) is 4.98 Å². The first-order valence-electron chi connectivity index (χ1n) is 3.61. The first-order chi connectivity index (χ1) is 5.25. The number of allylic oxidation sites excluding steroid dienone is 1. The Labute approximate surface area is 64.4 Å². The molecule has 58 valence electrons. The Balaban J connectivity index is 2.50. The highest BCUT2D eigenvalue weighted by Crippen LogP contribution is 2.22. The van der Waals surface area contributed by atoms with E-state index in [2.05, 4.69) is 4.98 Å². The Morgan fingerprint density at radius 3 is 3.18 bits per heavy atom. The number of oxazole rings is 1. The maximum atomic E-state index is 9.14. The van der Waals surface area contributed by atoms with Gasteiger partial charge in [0.2, 0.25) is 0 Å². The quantitative estimate of drug-likeness (QED) is 0.615. The van der Waals surface area contributed by atoms with E-state index in [0.717, 1.165) is 12.1 Å². The van der Waals surface area contributed by atoms with E-state index in [1.165, 1.54) is 0 Å². The van der Waals surface area contributed by atoms with Gasteiger partial charge in [0.1, 0.15) is 0 Å². The van der Waals surface area contributed by atoms with Gasteiger partial charge < -0.3 is 9.52 Å². The maximum absolute atomic E-state index is 9.14. The molecule has 3 nitrogen and oxygen atoms in total. The number of aryl methyl sites for hydroxylation is 2. The molecule has 0 aromatic carbocycles. The van der Waals surface area contributed by atoms with E-state index in [1.807, 2.05) is 6.92 Å². The molecule has 1 aliphatic rings. The zero-order chi connectivity index (χ0) is 7.84. The summed E-state index contributed by atoms with van der Waals surface area (Å²) in [7, 11) is 0. The fraction of sp³-hybridized carbons (Fsp3) is 0.375. The van der Waals surface area contributed by atoms with Gasteiger partial charge in [0.25, 0.3) is 0 Å². The molecule has 0 radical (unpaired) electrons. The lowest BCUT2D eigenvalue weighted by atomic mass is 10.1. The van der Waals surface area contributed by atoms with Crippen LogP contribution in [0.4, 0.5) is 0 Å². The molecule has 0 atom stereocenters. The van der Waals surface area contributed by atoms with Crippen molar-refractivity contribution in [1.82, 2.24) is 4.98 Å². The minimum atomic E-state index is 0.383. The standard InChI is InChI=1S/C8H9NO2/c1-5-9-7-3-2-6(10)4-8(7)11-5/h4,10H,2-3H2,1H3. The second kappa shape index (κ2) is 2.12. The Bertz CT molecular complexity index is 312. The predicted molar refractivity (Wildman–Crippen MR) is 40.2 cm³/mol. The highest BCUT2D eigenvalue weighted by molar-refractivity contribution is 5.50. The fourth-order valence-corrected chi connectivity index (χ4v) is 1.25. The third-order valence-electron chi connectivity index (χ3n) is 1.75. The van der Waals surface area contributed by atoms with Crippen molar-refractivity contribution in [2.45, 2.75) is 19.8 Å². The SMILES string of the molecule is Cc1nc2c(o1)C=C(O)CC2. The van der Waals surface area contributed by atoms with Crippen molar-refractivity contribution in [3.63, 3.8) is 0 Å². The topological polar surface area (TPSA) is 46.3 Å². The Kier molecular flexibility index (Phi) is 1.24. The van der Waals surface area contributed by atoms with Gasteiger partial charge in [0.05, 0.1) is 11.5 Å². The van der Waals surface area contributed by atoms with Crippen molar-refractivity contribution in [3.05, 3.63) is 23.1 Å². The van der Waals surface area contributed by atoms with Crippen molar-refractivity contribution in [2.75, 3.05) is 0 Å². The lowest BCUT2D eigenvalue weighted by Gasteiger charge is -2.03. The summed E-state index contributed by atoms with van der Waals surface area (Å²) in [6.07, 6.45) is 3.10. The molecule has 0 saturated heterocycles. The lowest BCUT2D eigenvalue weighted by molar-refractivity contribution is 0.387. The summed E-state index contributed by atoms with van der Waals surface area (Å²) in [5.41, 5.74) is 0.959. The minimum absolute atomic E-state index is 0.383. The zero-order valence-electron chi connectivity index (χ0n) is 6.29. The first kappa shape index (κ1) is 6.46. The average Bonchev–Trinajstić information content (AvgIpc) is 2.27. The summed E-state index contributed by atoms with van der Waals surface area (Å²) in [6, 6.07) is 0. The van der Waals surface area contributed by atoms with Crippen LogP contribution < -0.4 is 0 Å². The summed E-state index contributed by atoms with van der Waals surface area (Å²) in [5, 5.41) is 9.14. The number of nitrogens with zero attached hydrogens (tertiary/aromatic N) is 1. The Morgan fingerprint density at radius 2 is 2.36 bits per heavy atom. The molecule has 11 heavy (non-hydrogen) atoms. The lowest BCUT2D eigenvalue weighted by Crippen LogP contribution is -1.96. The third-order valence-corrected chi connectivity index (χ3v) is 1.75.